The van der Waals surface area contributed by atoms with Crippen LogP contribution < -0.4 is 25.4 Å². The number of nitrogens with zero attached hydrogens (tertiary/aromatic N) is 4. The number of thiazole rings is 1. The van der Waals surface area contributed by atoms with Crippen LogP contribution in [0.5, 0.6) is 0 Å². The monoisotopic (exact) mass is 574 g/mol. The molecule has 1 aliphatic rings. The van der Waals surface area contributed by atoms with Gasteiger partial charge in [-0.2, -0.15) is 5.26 Å². The van der Waals surface area contributed by atoms with Gasteiger partial charge in [0.15, 0.2) is 5.57 Å². The summed E-state index contributed by atoms with van der Waals surface area (Å²) < 4.78 is 7.32. The number of anilines is 2. The van der Waals surface area contributed by atoms with E-state index < -0.39 is 5.97 Å². The minimum Gasteiger partial charge on any atom is -0.457 e. The molecule has 1 amide bonds. The third kappa shape index (κ3) is 8.14. The molecule has 0 radical (unpaired) electrons. The molecule has 0 aliphatic carbocycles. The number of carbonyl (C=O) groups is 2. The molecule has 1 fully saturated rings. The molecule has 0 bridgehead atoms. The Morgan fingerprint density at radius 3 is 2.39 bits per heavy atom. The van der Waals surface area contributed by atoms with Gasteiger partial charge in [-0.1, -0.05) is 30.3 Å². The van der Waals surface area contributed by atoms with Gasteiger partial charge in [-0.25, -0.2) is 4.79 Å². The molecule has 2 aromatic carbocycles. The van der Waals surface area contributed by atoms with Crippen LogP contribution in [-0.2, 0) is 27.5 Å². The van der Waals surface area contributed by atoms with Crippen LogP contribution in [0.4, 0.5) is 11.4 Å². The fourth-order valence-electron chi connectivity index (χ4n) is 4.32. The largest absolute Gasteiger partial charge is 0.457 e. The highest BCUT2D eigenvalue weighted by Gasteiger charge is 2.17. The highest BCUT2D eigenvalue weighted by molar-refractivity contribution is 7.07. The number of ether oxygens (including phenoxy) is 1. The molecule has 214 valence electrons. The van der Waals surface area contributed by atoms with Gasteiger partial charge < -0.3 is 25.2 Å². The number of benzene rings is 2. The van der Waals surface area contributed by atoms with Crippen molar-refractivity contribution >= 4 is 46.4 Å². The second-order valence-electron chi connectivity index (χ2n) is 9.68. The number of esters is 1. The summed E-state index contributed by atoms with van der Waals surface area (Å²) in [6, 6.07) is 18.3. The molecule has 1 aromatic heterocycles. The highest BCUT2D eigenvalue weighted by Crippen LogP contribution is 2.14. The van der Waals surface area contributed by atoms with E-state index in [0.717, 1.165) is 49.6 Å². The number of nitriles is 1. The molecule has 41 heavy (non-hydrogen) atoms. The van der Waals surface area contributed by atoms with Crippen LogP contribution in [0, 0.1) is 11.3 Å². The zero-order valence-corrected chi connectivity index (χ0v) is 24.1. The van der Waals surface area contributed by atoms with E-state index in [1.165, 1.54) is 4.57 Å². The Bertz CT molecular complexity index is 1570. The van der Waals surface area contributed by atoms with Crippen molar-refractivity contribution in [3.05, 3.63) is 79.7 Å². The van der Waals surface area contributed by atoms with Crippen LogP contribution in [0.15, 0.2) is 59.4 Å². The molecule has 4 rings (SSSR count). The van der Waals surface area contributed by atoms with Crippen LogP contribution in [0.25, 0.3) is 11.8 Å². The summed E-state index contributed by atoms with van der Waals surface area (Å²) in [6.45, 7) is 6.82. The zero-order valence-electron chi connectivity index (χ0n) is 23.3. The van der Waals surface area contributed by atoms with Gasteiger partial charge in [-0.3, -0.25) is 14.2 Å². The smallest absolute Gasteiger partial charge is 0.352 e. The van der Waals surface area contributed by atoms with Crippen molar-refractivity contribution in [2.75, 3.05) is 50.4 Å². The predicted molar refractivity (Wildman–Crippen MR) is 160 cm³/mol. The average Bonchev–Trinajstić information content (AvgIpc) is 3.30. The zero-order chi connectivity index (χ0) is 29.2. The first-order valence-corrected chi connectivity index (χ1v) is 14.3. The molecular weight excluding hydrogens is 540 g/mol. The molecule has 0 spiro atoms. The summed E-state index contributed by atoms with van der Waals surface area (Å²) in [4.78, 5) is 42.7. The number of amides is 1. The molecule has 1 saturated heterocycles. The van der Waals surface area contributed by atoms with Crippen LogP contribution in [0.2, 0.25) is 0 Å². The Morgan fingerprint density at radius 1 is 1.05 bits per heavy atom. The maximum absolute atomic E-state index is 13.0. The van der Waals surface area contributed by atoms with Crippen molar-refractivity contribution in [1.29, 1.82) is 5.26 Å². The number of rotatable bonds is 10. The van der Waals surface area contributed by atoms with Crippen molar-refractivity contribution in [1.82, 2.24) is 14.4 Å². The Hall–Kier alpha value is -4.24. The van der Waals surface area contributed by atoms with E-state index in [1.54, 1.807) is 37.4 Å². The molecule has 0 unspecified atom stereocenters. The average molecular weight is 575 g/mol. The second kappa shape index (κ2) is 14.4. The van der Waals surface area contributed by atoms with E-state index in [-0.39, 0.29) is 28.3 Å². The van der Waals surface area contributed by atoms with Gasteiger partial charge in [-0.15, -0.1) is 11.3 Å². The number of nitrogens with one attached hydrogen (secondary N) is 2. The van der Waals surface area contributed by atoms with E-state index in [2.05, 4.69) is 27.5 Å². The summed E-state index contributed by atoms with van der Waals surface area (Å²) in [5.74, 6) is -0.810. The predicted octanol–water partition coefficient (Wildman–Crippen LogP) is 1.77. The van der Waals surface area contributed by atoms with Gasteiger partial charge in [0.05, 0.1) is 0 Å². The molecule has 0 saturated carbocycles. The van der Waals surface area contributed by atoms with Crippen molar-refractivity contribution < 1.29 is 14.3 Å². The summed E-state index contributed by atoms with van der Waals surface area (Å²) in [5.41, 5.74) is 1.68. The highest BCUT2D eigenvalue weighted by atomic mass is 32.1. The lowest BCUT2D eigenvalue weighted by atomic mass is 10.2. The second-order valence-corrected chi connectivity index (χ2v) is 10.7. The summed E-state index contributed by atoms with van der Waals surface area (Å²) in [7, 11) is 2.11. The van der Waals surface area contributed by atoms with E-state index in [4.69, 9.17) is 4.74 Å². The van der Waals surface area contributed by atoms with Crippen molar-refractivity contribution in [2.24, 2.45) is 0 Å². The SMILES string of the molecule is CCn1c(=C(C#N)C(=O)OCc2ccccc2)sc(=CNc2ccc(NC(=O)CCN3CCN(C)CC3)cc2)c1=O. The number of carbonyl (C=O) groups excluding carboxylic acids is 2. The molecule has 0 atom stereocenters. The van der Waals surface area contributed by atoms with Gasteiger partial charge in [0.1, 0.15) is 21.9 Å². The first-order valence-electron chi connectivity index (χ1n) is 13.5. The topological polar surface area (TPSA) is 120 Å². The molecular formula is C30H34N6O4S. The number of aromatic nitrogens is 1. The first kappa shape index (κ1) is 29.7. The van der Waals surface area contributed by atoms with E-state index in [9.17, 15) is 19.6 Å². The van der Waals surface area contributed by atoms with E-state index >= 15 is 0 Å². The Morgan fingerprint density at radius 2 is 1.73 bits per heavy atom. The van der Waals surface area contributed by atoms with Crippen molar-refractivity contribution in [2.45, 2.75) is 26.5 Å². The minimum atomic E-state index is -0.777. The number of piperazine rings is 1. The standard InChI is InChI=1S/C30H34N6O4S/c1-3-36-28(38)26(41-29(36)25(19-31)30(39)40-21-22-7-5-4-6-8-22)20-32-23-9-11-24(12-10-23)33-27(37)13-14-35-17-15-34(2)16-18-35/h4-12,20,32H,3,13-18,21H2,1-2H3,(H,33,37). The van der Waals surface area contributed by atoms with Crippen LogP contribution in [-0.4, -0.2) is 66.0 Å². The fraction of sp³-hybridized carbons (Fsp3) is 0.333. The maximum atomic E-state index is 13.0. The van der Waals surface area contributed by atoms with Gasteiger partial charge in [0, 0.05) is 63.3 Å². The summed E-state index contributed by atoms with van der Waals surface area (Å²) in [6.07, 6.45) is 1.99. The normalized spacial score (nSPS) is 15.2. The molecule has 11 heteroatoms. The number of hydrogen-bond acceptors (Lipinski definition) is 9. The molecule has 2 N–H and O–H groups in total. The Kier molecular flexibility index (Phi) is 10.5. The quantitative estimate of drug-likeness (QED) is 0.352. The maximum Gasteiger partial charge on any atom is 0.352 e. The van der Waals surface area contributed by atoms with Crippen molar-refractivity contribution in [3.63, 3.8) is 0 Å². The van der Waals surface area contributed by atoms with Crippen LogP contribution >= 0.6 is 11.3 Å². The van der Waals surface area contributed by atoms with Gasteiger partial charge >= 0.3 is 5.97 Å². The van der Waals surface area contributed by atoms with Crippen LogP contribution in [0.3, 0.4) is 0 Å². The molecule has 1 aliphatic heterocycles. The van der Waals surface area contributed by atoms with Crippen molar-refractivity contribution in [3.8, 4) is 6.07 Å². The number of hydrogen-bond donors (Lipinski definition) is 2. The molecule has 10 nitrogen and oxygen atoms in total. The van der Waals surface area contributed by atoms with Gasteiger partial charge in [0.25, 0.3) is 5.56 Å². The lowest BCUT2D eigenvalue weighted by molar-refractivity contribution is -0.137. The number of likely N-dealkylation sites (N-methyl/N-ethyl adjacent to an activating group) is 1. The fourth-order valence-corrected chi connectivity index (χ4v) is 5.40. The summed E-state index contributed by atoms with van der Waals surface area (Å²) >= 11 is 1.05. The third-order valence-electron chi connectivity index (χ3n) is 6.76. The van der Waals surface area contributed by atoms with Gasteiger partial charge in [-0.05, 0) is 43.8 Å². The first-order chi connectivity index (χ1) is 19.9. The van der Waals surface area contributed by atoms with Gasteiger partial charge in [0.2, 0.25) is 5.91 Å². The Labute approximate surface area is 242 Å². The van der Waals surface area contributed by atoms with E-state index in [1.807, 2.05) is 36.4 Å². The third-order valence-corrected chi connectivity index (χ3v) is 7.89. The lowest BCUT2D eigenvalue weighted by Gasteiger charge is -2.32. The minimum absolute atomic E-state index is 0.0276. The summed E-state index contributed by atoms with van der Waals surface area (Å²) in [5, 5.41) is 15.7. The van der Waals surface area contributed by atoms with Crippen LogP contribution in [0.1, 0.15) is 18.9 Å². The molecule has 3 aromatic rings. The lowest BCUT2D eigenvalue weighted by Crippen LogP contribution is -2.45. The Balaban J connectivity index is 1.40. The molecule has 2 heterocycles. The van der Waals surface area contributed by atoms with E-state index in [0.29, 0.717) is 28.9 Å².